The highest BCUT2D eigenvalue weighted by molar-refractivity contribution is 8.00. The average molecular weight is 176 g/mol. The van der Waals surface area contributed by atoms with Crippen LogP contribution in [0.2, 0.25) is 0 Å². The molecule has 0 fully saturated rings. The second-order valence-corrected chi connectivity index (χ2v) is 4.57. The SMILES string of the molecule is C=C(CSCC)CSCC. The molecule has 0 aliphatic rings. The second kappa shape index (κ2) is 7.55. The first kappa shape index (κ1) is 10.4. The van der Waals surface area contributed by atoms with Crippen LogP contribution in [-0.4, -0.2) is 23.0 Å². The quantitative estimate of drug-likeness (QED) is 0.571. The molecule has 0 spiro atoms. The lowest BCUT2D eigenvalue weighted by atomic mass is 10.4. The molecule has 0 aromatic rings. The van der Waals surface area contributed by atoms with Crippen LogP contribution < -0.4 is 0 Å². The van der Waals surface area contributed by atoms with Crippen LogP contribution in [-0.2, 0) is 0 Å². The van der Waals surface area contributed by atoms with Crippen molar-refractivity contribution in [2.45, 2.75) is 13.8 Å². The minimum absolute atomic E-state index is 1.14. The molecule has 0 aliphatic carbocycles. The van der Waals surface area contributed by atoms with E-state index in [0.29, 0.717) is 0 Å². The highest BCUT2D eigenvalue weighted by atomic mass is 32.2. The van der Waals surface area contributed by atoms with Gasteiger partial charge >= 0.3 is 0 Å². The van der Waals surface area contributed by atoms with E-state index in [1.165, 1.54) is 17.1 Å². The van der Waals surface area contributed by atoms with Crippen LogP contribution >= 0.6 is 23.5 Å². The number of hydrogen-bond donors (Lipinski definition) is 0. The third-order valence-electron chi connectivity index (χ3n) is 1.02. The monoisotopic (exact) mass is 176 g/mol. The van der Waals surface area contributed by atoms with Crippen LogP contribution in [0.25, 0.3) is 0 Å². The molecule has 0 aromatic carbocycles. The van der Waals surface area contributed by atoms with E-state index in [1.54, 1.807) is 0 Å². The molecule has 2 heteroatoms. The lowest BCUT2D eigenvalue weighted by Crippen LogP contribution is -1.89. The van der Waals surface area contributed by atoms with Crippen molar-refractivity contribution in [3.8, 4) is 0 Å². The Hall–Kier alpha value is 0.440. The fourth-order valence-corrected chi connectivity index (χ4v) is 1.85. The minimum atomic E-state index is 1.14. The van der Waals surface area contributed by atoms with E-state index in [-0.39, 0.29) is 0 Å². The van der Waals surface area contributed by atoms with Crippen molar-refractivity contribution in [3.63, 3.8) is 0 Å². The molecule has 0 bridgehead atoms. The van der Waals surface area contributed by atoms with Crippen LogP contribution in [0.4, 0.5) is 0 Å². The van der Waals surface area contributed by atoms with Crippen LogP contribution in [0, 0.1) is 0 Å². The molecule has 60 valence electrons. The van der Waals surface area contributed by atoms with E-state index in [0.717, 1.165) is 11.5 Å². The van der Waals surface area contributed by atoms with Crippen LogP contribution in [0.5, 0.6) is 0 Å². The summed E-state index contributed by atoms with van der Waals surface area (Å²) < 4.78 is 0. The van der Waals surface area contributed by atoms with Gasteiger partial charge in [0.2, 0.25) is 0 Å². The van der Waals surface area contributed by atoms with Crippen molar-refractivity contribution in [3.05, 3.63) is 12.2 Å². The van der Waals surface area contributed by atoms with Crippen molar-refractivity contribution >= 4 is 23.5 Å². The van der Waals surface area contributed by atoms with Gasteiger partial charge in [-0.15, -0.1) is 0 Å². The zero-order valence-corrected chi connectivity index (χ0v) is 8.49. The van der Waals surface area contributed by atoms with E-state index in [9.17, 15) is 0 Å². The lowest BCUT2D eigenvalue weighted by Gasteiger charge is -2.01. The summed E-state index contributed by atoms with van der Waals surface area (Å²) in [5.41, 5.74) is 1.37. The third-order valence-corrected chi connectivity index (χ3v) is 3.06. The Labute approximate surface area is 72.9 Å². The van der Waals surface area contributed by atoms with E-state index >= 15 is 0 Å². The van der Waals surface area contributed by atoms with E-state index < -0.39 is 0 Å². The Kier molecular flexibility index (Phi) is 7.88. The molecule has 0 N–H and O–H groups in total. The Morgan fingerprint density at radius 3 is 1.80 bits per heavy atom. The van der Waals surface area contributed by atoms with Crippen LogP contribution in [0.3, 0.4) is 0 Å². The summed E-state index contributed by atoms with van der Waals surface area (Å²) >= 11 is 3.91. The van der Waals surface area contributed by atoms with Gasteiger partial charge in [-0.1, -0.05) is 26.0 Å². The van der Waals surface area contributed by atoms with Gasteiger partial charge in [0, 0.05) is 11.5 Å². The maximum atomic E-state index is 3.99. The fraction of sp³-hybridized carbons (Fsp3) is 0.750. The van der Waals surface area contributed by atoms with Gasteiger partial charge in [0.1, 0.15) is 0 Å². The molecule has 0 nitrogen and oxygen atoms in total. The van der Waals surface area contributed by atoms with Gasteiger partial charge in [0.05, 0.1) is 0 Å². The van der Waals surface area contributed by atoms with E-state index in [4.69, 9.17) is 0 Å². The highest BCUT2D eigenvalue weighted by Crippen LogP contribution is 2.11. The molecule has 0 radical (unpaired) electrons. The van der Waals surface area contributed by atoms with Crippen molar-refractivity contribution < 1.29 is 0 Å². The Balaban J connectivity index is 3.09. The first-order chi connectivity index (χ1) is 4.81. The maximum Gasteiger partial charge on any atom is 0.0148 e. The third kappa shape index (κ3) is 6.56. The van der Waals surface area contributed by atoms with Crippen molar-refractivity contribution in [2.75, 3.05) is 23.0 Å². The molecule has 0 amide bonds. The number of hydrogen-bond acceptors (Lipinski definition) is 2. The van der Waals surface area contributed by atoms with E-state index in [1.807, 2.05) is 23.5 Å². The summed E-state index contributed by atoms with van der Waals surface area (Å²) in [6.45, 7) is 8.36. The molecular weight excluding hydrogens is 160 g/mol. The minimum Gasteiger partial charge on any atom is -0.158 e. The van der Waals surface area contributed by atoms with Gasteiger partial charge in [-0.2, -0.15) is 23.5 Å². The summed E-state index contributed by atoms with van der Waals surface area (Å²) in [6, 6.07) is 0. The lowest BCUT2D eigenvalue weighted by molar-refractivity contribution is 1.42. The van der Waals surface area contributed by atoms with Gasteiger partial charge in [-0.05, 0) is 11.5 Å². The fourth-order valence-electron chi connectivity index (χ4n) is 0.534. The van der Waals surface area contributed by atoms with Crippen LogP contribution in [0.1, 0.15) is 13.8 Å². The molecule has 0 aromatic heterocycles. The highest BCUT2D eigenvalue weighted by Gasteiger charge is 1.92. The normalized spacial score (nSPS) is 9.80. The van der Waals surface area contributed by atoms with E-state index in [2.05, 4.69) is 20.4 Å². The number of rotatable bonds is 6. The molecule has 0 saturated carbocycles. The Bertz CT molecular complexity index is 79.3. The smallest absolute Gasteiger partial charge is 0.0148 e. The van der Waals surface area contributed by atoms with Crippen molar-refractivity contribution in [1.82, 2.24) is 0 Å². The van der Waals surface area contributed by atoms with Gasteiger partial charge < -0.3 is 0 Å². The molecule has 0 saturated heterocycles. The summed E-state index contributed by atoms with van der Waals surface area (Å²) in [5.74, 6) is 4.69. The molecule has 0 rings (SSSR count). The second-order valence-electron chi connectivity index (χ2n) is 2.02. The predicted molar refractivity (Wildman–Crippen MR) is 55.1 cm³/mol. The Morgan fingerprint density at radius 2 is 1.50 bits per heavy atom. The number of thioether (sulfide) groups is 2. The zero-order chi connectivity index (χ0) is 7.82. The molecule has 0 heterocycles. The summed E-state index contributed by atoms with van der Waals surface area (Å²) in [5, 5.41) is 0. The first-order valence-corrected chi connectivity index (χ1v) is 5.94. The molecule has 0 aliphatic heterocycles. The summed E-state index contributed by atoms with van der Waals surface area (Å²) in [7, 11) is 0. The van der Waals surface area contributed by atoms with Gasteiger partial charge in [-0.25, -0.2) is 0 Å². The molecule has 0 atom stereocenters. The van der Waals surface area contributed by atoms with Gasteiger partial charge in [-0.3, -0.25) is 0 Å². The Morgan fingerprint density at radius 1 is 1.10 bits per heavy atom. The van der Waals surface area contributed by atoms with Crippen molar-refractivity contribution in [1.29, 1.82) is 0 Å². The summed E-state index contributed by atoms with van der Waals surface area (Å²) in [6.07, 6.45) is 0. The molecular formula is C8H16S2. The molecule has 10 heavy (non-hydrogen) atoms. The standard InChI is InChI=1S/C8H16S2/c1-4-9-6-8(3)7-10-5-2/h3-7H2,1-2H3. The predicted octanol–water partition coefficient (Wildman–Crippen LogP) is 3.05. The summed E-state index contributed by atoms with van der Waals surface area (Å²) in [4.78, 5) is 0. The maximum absolute atomic E-state index is 3.99. The largest absolute Gasteiger partial charge is 0.158 e. The van der Waals surface area contributed by atoms with Crippen LogP contribution in [0.15, 0.2) is 12.2 Å². The van der Waals surface area contributed by atoms with Gasteiger partial charge in [0.25, 0.3) is 0 Å². The topological polar surface area (TPSA) is 0 Å². The van der Waals surface area contributed by atoms with Gasteiger partial charge in [0.15, 0.2) is 0 Å². The first-order valence-electron chi connectivity index (χ1n) is 3.63. The zero-order valence-electron chi connectivity index (χ0n) is 6.85. The molecule has 0 unspecified atom stereocenters. The average Bonchev–Trinajstić information content (AvgIpc) is 1.97. The van der Waals surface area contributed by atoms with Crippen molar-refractivity contribution in [2.24, 2.45) is 0 Å².